The molecule has 3 nitrogen and oxygen atoms in total. The quantitative estimate of drug-likeness (QED) is 0.721. The monoisotopic (exact) mass is 211 g/mol. The zero-order valence-electron chi connectivity index (χ0n) is 9.50. The highest BCUT2D eigenvalue weighted by Gasteiger charge is 2.32. The highest BCUT2D eigenvalue weighted by molar-refractivity contribution is 5.72. The average molecular weight is 211 g/mol. The van der Waals surface area contributed by atoms with Crippen molar-refractivity contribution >= 4 is 5.97 Å². The molecule has 0 aromatic carbocycles. The van der Waals surface area contributed by atoms with Crippen molar-refractivity contribution in [2.24, 2.45) is 5.92 Å². The molecule has 2 rings (SSSR count). The SMILES string of the molecule is CCOC(=O)C1CCC(NC2CCC2)C1. The molecule has 2 saturated carbocycles. The van der Waals surface area contributed by atoms with Crippen molar-refractivity contribution in [2.75, 3.05) is 6.61 Å². The fourth-order valence-electron chi connectivity index (χ4n) is 2.52. The second-order valence-corrected chi connectivity index (χ2v) is 4.75. The fraction of sp³-hybridized carbons (Fsp3) is 0.917. The molecule has 1 N–H and O–H groups in total. The van der Waals surface area contributed by atoms with Gasteiger partial charge < -0.3 is 10.1 Å². The van der Waals surface area contributed by atoms with Crippen molar-refractivity contribution in [2.45, 2.75) is 57.5 Å². The van der Waals surface area contributed by atoms with Crippen LogP contribution in [0.15, 0.2) is 0 Å². The van der Waals surface area contributed by atoms with E-state index in [0.717, 1.165) is 25.3 Å². The minimum Gasteiger partial charge on any atom is -0.466 e. The van der Waals surface area contributed by atoms with Gasteiger partial charge in [0.25, 0.3) is 0 Å². The number of ether oxygens (including phenoxy) is 1. The molecule has 2 fully saturated rings. The fourth-order valence-corrected chi connectivity index (χ4v) is 2.52. The highest BCUT2D eigenvalue weighted by atomic mass is 16.5. The van der Waals surface area contributed by atoms with E-state index in [1.54, 1.807) is 0 Å². The first-order valence-electron chi connectivity index (χ1n) is 6.22. The van der Waals surface area contributed by atoms with E-state index in [0.29, 0.717) is 12.6 Å². The molecule has 0 aromatic rings. The van der Waals surface area contributed by atoms with Gasteiger partial charge in [0, 0.05) is 12.1 Å². The normalized spacial score (nSPS) is 31.3. The van der Waals surface area contributed by atoms with Crippen LogP contribution < -0.4 is 5.32 Å². The summed E-state index contributed by atoms with van der Waals surface area (Å²) in [5.74, 6) is 0.165. The minimum atomic E-state index is 0.00964. The second-order valence-electron chi connectivity index (χ2n) is 4.75. The number of carbonyl (C=O) groups excluding carboxylic acids is 1. The maximum atomic E-state index is 11.5. The Morgan fingerprint density at radius 2 is 2.07 bits per heavy atom. The predicted molar refractivity (Wildman–Crippen MR) is 58.5 cm³/mol. The largest absolute Gasteiger partial charge is 0.466 e. The summed E-state index contributed by atoms with van der Waals surface area (Å²) >= 11 is 0. The molecule has 15 heavy (non-hydrogen) atoms. The average Bonchev–Trinajstić information content (AvgIpc) is 2.60. The minimum absolute atomic E-state index is 0.00964. The lowest BCUT2D eigenvalue weighted by Crippen LogP contribution is -2.41. The standard InChI is InChI=1S/C12H21NO2/c1-2-15-12(14)9-6-7-11(8-9)13-10-4-3-5-10/h9-11,13H,2-8H2,1H3. The van der Waals surface area contributed by atoms with Gasteiger partial charge in [0.15, 0.2) is 0 Å². The van der Waals surface area contributed by atoms with Crippen LogP contribution >= 0.6 is 0 Å². The predicted octanol–water partition coefficient (Wildman–Crippen LogP) is 1.86. The number of esters is 1. The molecule has 0 aromatic heterocycles. The van der Waals surface area contributed by atoms with Crippen LogP contribution in [0.5, 0.6) is 0 Å². The highest BCUT2D eigenvalue weighted by Crippen LogP contribution is 2.29. The van der Waals surface area contributed by atoms with Crippen molar-refractivity contribution < 1.29 is 9.53 Å². The molecule has 2 aliphatic rings. The smallest absolute Gasteiger partial charge is 0.308 e. The Balaban J connectivity index is 1.71. The van der Waals surface area contributed by atoms with Crippen LogP contribution in [0.25, 0.3) is 0 Å². The Morgan fingerprint density at radius 3 is 2.67 bits per heavy atom. The summed E-state index contributed by atoms with van der Waals surface area (Å²) in [6.07, 6.45) is 7.13. The van der Waals surface area contributed by atoms with E-state index >= 15 is 0 Å². The van der Waals surface area contributed by atoms with Gasteiger partial charge in [0.05, 0.1) is 12.5 Å². The van der Waals surface area contributed by atoms with E-state index in [2.05, 4.69) is 5.32 Å². The Hall–Kier alpha value is -0.570. The molecule has 3 heteroatoms. The first kappa shape index (κ1) is 10.9. The molecule has 2 atom stereocenters. The molecule has 0 radical (unpaired) electrons. The summed E-state index contributed by atoms with van der Waals surface area (Å²) in [6.45, 7) is 2.38. The number of rotatable bonds is 4. The van der Waals surface area contributed by atoms with Crippen molar-refractivity contribution in [1.29, 1.82) is 0 Å². The molecular weight excluding hydrogens is 190 g/mol. The zero-order valence-corrected chi connectivity index (χ0v) is 9.50. The molecule has 86 valence electrons. The van der Waals surface area contributed by atoms with Gasteiger partial charge in [-0.2, -0.15) is 0 Å². The van der Waals surface area contributed by atoms with Crippen LogP contribution in [-0.4, -0.2) is 24.7 Å². The van der Waals surface area contributed by atoms with Crippen LogP contribution in [0.2, 0.25) is 0 Å². The van der Waals surface area contributed by atoms with Crippen molar-refractivity contribution in [3.05, 3.63) is 0 Å². The van der Waals surface area contributed by atoms with E-state index in [1.807, 2.05) is 6.92 Å². The van der Waals surface area contributed by atoms with Crippen molar-refractivity contribution in [1.82, 2.24) is 5.32 Å². The first-order chi connectivity index (χ1) is 7.29. The molecule has 2 unspecified atom stereocenters. The lowest BCUT2D eigenvalue weighted by atomic mass is 9.92. The lowest BCUT2D eigenvalue weighted by Gasteiger charge is -2.29. The number of nitrogens with one attached hydrogen (secondary N) is 1. The van der Waals surface area contributed by atoms with E-state index in [1.165, 1.54) is 19.3 Å². The van der Waals surface area contributed by atoms with Crippen LogP contribution in [0, 0.1) is 5.92 Å². The van der Waals surface area contributed by atoms with Gasteiger partial charge in [-0.1, -0.05) is 6.42 Å². The van der Waals surface area contributed by atoms with E-state index in [4.69, 9.17) is 4.74 Å². The molecule has 0 heterocycles. The van der Waals surface area contributed by atoms with Crippen LogP contribution in [0.4, 0.5) is 0 Å². The van der Waals surface area contributed by atoms with E-state index < -0.39 is 0 Å². The summed E-state index contributed by atoms with van der Waals surface area (Å²) in [4.78, 5) is 11.5. The molecule has 0 amide bonds. The van der Waals surface area contributed by atoms with Gasteiger partial charge in [-0.25, -0.2) is 0 Å². The van der Waals surface area contributed by atoms with Crippen LogP contribution in [0.3, 0.4) is 0 Å². The maximum absolute atomic E-state index is 11.5. The summed E-state index contributed by atoms with van der Waals surface area (Å²) in [5, 5.41) is 3.63. The Morgan fingerprint density at radius 1 is 1.27 bits per heavy atom. The van der Waals surface area contributed by atoms with Crippen LogP contribution in [-0.2, 0) is 9.53 Å². The van der Waals surface area contributed by atoms with E-state index in [-0.39, 0.29) is 11.9 Å². The van der Waals surface area contributed by atoms with Gasteiger partial charge in [0.2, 0.25) is 0 Å². The van der Waals surface area contributed by atoms with Crippen LogP contribution in [0.1, 0.15) is 45.4 Å². The molecule has 0 saturated heterocycles. The Kier molecular flexibility index (Phi) is 3.62. The number of hydrogen-bond acceptors (Lipinski definition) is 3. The van der Waals surface area contributed by atoms with Crippen molar-refractivity contribution in [3.63, 3.8) is 0 Å². The summed E-state index contributed by atoms with van der Waals surface area (Å²) in [5.41, 5.74) is 0. The van der Waals surface area contributed by atoms with Gasteiger partial charge in [-0.05, 0) is 39.0 Å². The topological polar surface area (TPSA) is 38.3 Å². The molecular formula is C12H21NO2. The summed E-state index contributed by atoms with van der Waals surface area (Å²) < 4.78 is 5.05. The third-order valence-electron chi connectivity index (χ3n) is 3.63. The van der Waals surface area contributed by atoms with Gasteiger partial charge in [0.1, 0.15) is 0 Å². The van der Waals surface area contributed by atoms with E-state index in [9.17, 15) is 4.79 Å². The summed E-state index contributed by atoms with van der Waals surface area (Å²) in [6, 6.07) is 1.29. The van der Waals surface area contributed by atoms with Gasteiger partial charge >= 0.3 is 5.97 Å². The maximum Gasteiger partial charge on any atom is 0.308 e. The zero-order chi connectivity index (χ0) is 10.7. The molecule has 0 bridgehead atoms. The third-order valence-corrected chi connectivity index (χ3v) is 3.63. The molecule has 0 aliphatic heterocycles. The van der Waals surface area contributed by atoms with Gasteiger partial charge in [-0.15, -0.1) is 0 Å². The number of carbonyl (C=O) groups is 1. The van der Waals surface area contributed by atoms with Gasteiger partial charge in [-0.3, -0.25) is 4.79 Å². The Labute approximate surface area is 91.6 Å². The number of hydrogen-bond donors (Lipinski definition) is 1. The second kappa shape index (κ2) is 4.97. The summed E-state index contributed by atoms with van der Waals surface area (Å²) in [7, 11) is 0. The molecule has 0 spiro atoms. The molecule has 2 aliphatic carbocycles. The Bertz CT molecular complexity index is 226. The first-order valence-corrected chi connectivity index (χ1v) is 6.22. The van der Waals surface area contributed by atoms with Crippen molar-refractivity contribution in [3.8, 4) is 0 Å². The lowest BCUT2D eigenvalue weighted by molar-refractivity contribution is -0.147. The third kappa shape index (κ3) is 2.71.